The van der Waals surface area contributed by atoms with E-state index in [2.05, 4.69) is 18.8 Å². The molecule has 4 nitrogen and oxygen atoms in total. The number of aliphatic carboxylic acids is 1. The molecule has 0 bridgehead atoms. The molecule has 1 heterocycles. The molecule has 5 heteroatoms. The highest BCUT2D eigenvalue weighted by atomic mass is 32.1. The van der Waals surface area contributed by atoms with E-state index in [0.29, 0.717) is 12.5 Å². The summed E-state index contributed by atoms with van der Waals surface area (Å²) in [6.45, 7) is 4.66. The smallest absolute Gasteiger partial charge is 0.307 e. The van der Waals surface area contributed by atoms with E-state index in [1.807, 2.05) is 5.38 Å². The van der Waals surface area contributed by atoms with Crippen molar-refractivity contribution < 1.29 is 14.6 Å². The van der Waals surface area contributed by atoms with Crippen LogP contribution in [0.4, 0.5) is 0 Å². The van der Waals surface area contributed by atoms with Crippen LogP contribution in [0.25, 0.3) is 0 Å². The van der Waals surface area contributed by atoms with Crippen molar-refractivity contribution in [3.8, 4) is 5.75 Å². The van der Waals surface area contributed by atoms with Gasteiger partial charge in [-0.2, -0.15) is 0 Å². The Morgan fingerprint density at radius 1 is 1.35 bits per heavy atom. The first-order valence-corrected chi connectivity index (χ1v) is 7.30. The standard InChI is InChI=1S/C15H17NO3S/c1-10(2)15-16-12(9-20-15)8-19-13-5-3-11(4-6-13)7-14(17)18/h3-6,9-10H,7-8H2,1-2H3,(H,17,18). The van der Waals surface area contributed by atoms with Crippen LogP contribution in [0.5, 0.6) is 5.75 Å². The monoisotopic (exact) mass is 291 g/mol. The molecule has 0 aliphatic carbocycles. The van der Waals surface area contributed by atoms with Crippen LogP contribution in [0.15, 0.2) is 29.6 Å². The molecule has 1 aromatic heterocycles. The summed E-state index contributed by atoms with van der Waals surface area (Å²) >= 11 is 1.65. The van der Waals surface area contributed by atoms with Crippen molar-refractivity contribution in [1.82, 2.24) is 4.98 Å². The highest BCUT2D eigenvalue weighted by Gasteiger charge is 2.06. The third kappa shape index (κ3) is 4.06. The first kappa shape index (κ1) is 14.5. The molecule has 0 fully saturated rings. The summed E-state index contributed by atoms with van der Waals surface area (Å²) in [6.07, 6.45) is 0.0319. The van der Waals surface area contributed by atoms with Crippen molar-refractivity contribution in [2.24, 2.45) is 0 Å². The first-order chi connectivity index (χ1) is 9.54. The number of hydrogen-bond acceptors (Lipinski definition) is 4. The Morgan fingerprint density at radius 2 is 2.05 bits per heavy atom. The maximum absolute atomic E-state index is 10.6. The van der Waals surface area contributed by atoms with Gasteiger partial charge in [-0.1, -0.05) is 26.0 Å². The molecular formula is C15H17NO3S. The average Bonchev–Trinajstić information content (AvgIpc) is 2.86. The topological polar surface area (TPSA) is 59.4 Å². The first-order valence-electron chi connectivity index (χ1n) is 6.42. The maximum Gasteiger partial charge on any atom is 0.307 e. The Morgan fingerprint density at radius 3 is 2.60 bits per heavy atom. The number of nitrogens with zero attached hydrogens (tertiary/aromatic N) is 1. The molecule has 0 spiro atoms. The zero-order chi connectivity index (χ0) is 14.5. The zero-order valence-electron chi connectivity index (χ0n) is 11.5. The van der Waals surface area contributed by atoms with E-state index in [0.717, 1.165) is 22.0 Å². The van der Waals surface area contributed by atoms with Gasteiger partial charge >= 0.3 is 5.97 Å². The highest BCUT2D eigenvalue weighted by Crippen LogP contribution is 2.20. The molecule has 0 amide bonds. The molecule has 0 radical (unpaired) electrons. The lowest BCUT2D eigenvalue weighted by atomic mass is 10.1. The number of carbonyl (C=O) groups is 1. The van der Waals surface area contributed by atoms with Gasteiger partial charge in [0.1, 0.15) is 12.4 Å². The summed E-state index contributed by atoms with van der Waals surface area (Å²) in [5.74, 6) is 0.324. The van der Waals surface area contributed by atoms with Crippen molar-refractivity contribution in [2.75, 3.05) is 0 Å². The normalized spacial score (nSPS) is 10.8. The highest BCUT2D eigenvalue weighted by molar-refractivity contribution is 7.09. The average molecular weight is 291 g/mol. The van der Waals surface area contributed by atoms with E-state index in [4.69, 9.17) is 9.84 Å². The Hall–Kier alpha value is -1.88. The van der Waals surface area contributed by atoms with Crippen LogP contribution >= 0.6 is 11.3 Å². The second-order valence-electron chi connectivity index (χ2n) is 4.83. The number of aromatic nitrogens is 1. The van der Waals surface area contributed by atoms with Crippen molar-refractivity contribution in [1.29, 1.82) is 0 Å². The number of thiazole rings is 1. The maximum atomic E-state index is 10.6. The number of rotatable bonds is 6. The molecule has 0 saturated carbocycles. The fraction of sp³-hybridized carbons (Fsp3) is 0.333. The number of hydrogen-bond donors (Lipinski definition) is 1. The van der Waals surface area contributed by atoms with Crippen LogP contribution in [0.1, 0.15) is 36.0 Å². The molecule has 2 aromatic rings. The minimum atomic E-state index is -0.831. The largest absolute Gasteiger partial charge is 0.487 e. The van der Waals surface area contributed by atoms with Gasteiger partial charge in [0.05, 0.1) is 17.1 Å². The second kappa shape index (κ2) is 6.52. The van der Waals surface area contributed by atoms with Crippen LogP contribution in [0.3, 0.4) is 0 Å². The predicted octanol–water partition coefficient (Wildman–Crippen LogP) is 3.47. The summed E-state index contributed by atoms with van der Waals surface area (Å²) in [6, 6.07) is 7.11. The van der Waals surface area contributed by atoms with Crippen molar-refractivity contribution in [2.45, 2.75) is 32.8 Å². The summed E-state index contributed by atoms with van der Waals surface area (Å²) in [5, 5.41) is 11.8. The molecule has 0 atom stereocenters. The molecule has 1 N–H and O–H groups in total. The Balaban J connectivity index is 1.91. The van der Waals surface area contributed by atoms with Crippen LogP contribution in [0.2, 0.25) is 0 Å². The van der Waals surface area contributed by atoms with Crippen molar-refractivity contribution in [3.63, 3.8) is 0 Å². The number of ether oxygens (including phenoxy) is 1. The van der Waals surface area contributed by atoms with Crippen LogP contribution in [0, 0.1) is 0 Å². The Labute approximate surface area is 122 Å². The third-order valence-electron chi connectivity index (χ3n) is 2.73. The van der Waals surface area contributed by atoms with Gasteiger partial charge in [0.15, 0.2) is 0 Å². The van der Waals surface area contributed by atoms with Crippen LogP contribution in [-0.4, -0.2) is 16.1 Å². The molecular weight excluding hydrogens is 274 g/mol. The molecule has 1 aromatic carbocycles. The van der Waals surface area contributed by atoms with Crippen LogP contribution < -0.4 is 4.74 Å². The van der Waals surface area contributed by atoms with E-state index < -0.39 is 5.97 Å². The van der Waals surface area contributed by atoms with Gasteiger partial charge in [-0.05, 0) is 17.7 Å². The molecule has 20 heavy (non-hydrogen) atoms. The van der Waals surface area contributed by atoms with E-state index in [-0.39, 0.29) is 6.42 Å². The third-order valence-corrected chi connectivity index (χ3v) is 3.92. The number of benzene rings is 1. The molecule has 0 saturated heterocycles. The van der Waals surface area contributed by atoms with E-state index in [1.54, 1.807) is 35.6 Å². The number of carboxylic acid groups (broad SMARTS) is 1. The molecule has 0 aliphatic rings. The SMILES string of the molecule is CC(C)c1nc(COc2ccc(CC(=O)O)cc2)cs1. The van der Waals surface area contributed by atoms with Gasteiger partial charge in [-0.3, -0.25) is 4.79 Å². The molecule has 0 aliphatic heterocycles. The lowest BCUT2D eigenvalue weighted by molar-refractivity contribution is -0.136. The van der Waals surface area contributed by atoms with Crippen molar-refractivity contribution in [3.05, 3.63) is 45.9 Å². The van der Waals surface area contributed by atoms with Gasteiger partial charge in [0.25, 0.3) is 0 Å². The minimum absolute atomic E-state index is 0.0319. The summed E-state index contributed by atoms with van der Waals surface area (Å²) in [4.78, 5) is 15.1. The van der Waals surface area contributed by atoms with E-state index >= 15 is 0 Å². The zero-order valence-corrected chi connectivity index (χ0v) is 12.3. The van der Waals surface area contributed by atoms with Gasteiger partial charge in [0.2, 0.25) is 0 Å². The second-order valence-corrected chi connectivity index (χ2v) is 5.72. The Kier molecular flexibility index (Phi) is 4.74. The molecule has 0 unspecified atom stereocenters. The van der Waals surface area contributed by atoms with Gasteiger partial charge in [-0.15, -0.1) is 11.3 Å². The fourth-order valence-corrected chi connectivity index (χ4v) is 2.51. The van der Waals surface area contributed by atoms with E-state index in [1.165, 1.54) is 0 Å². The fourth-order valence-electron chi connectivity index (χ4n) is 1.69. The predicted molar refractivity (Wildman–Crippen MR) is 78.3 cm³/mol. The minimum Gasteiger partial charge on any atom is -0.487 e. The lowest BCUT2D eigenvalue weighted by Gasteiger charge is -2.05. The summed E-state index contributed by atoms with van der Waals surface area (Å²) in [7, 11) is 0. The van der Waals surface area contributed by atoms with E-state index in [9.17, 15) is 4.79 Å². The summed E-state index contributed by atoms with van der Waals surface area (Å²) in [5.41, 5.74) is 1.69. The van der Waals surface area contributed by atoms with Gasteiger partial charge in [-0.25, -0.2) is 4.98 Å². The molecule has 2 rings (SSSR count). The van der Waals surface area contributed by atoms with Gasteiger partial charge in [0, 0.05) is 11.3 Å². The number of carboxylic acids is 1. The quantitative estimate of drug-likeness (QED) is 0.885. The Bertz CT molecular complexity index is 575. The lowest BCUT2D eigenvalue weighted by Crippen LogP contribution is -2.00. The summed E-state index contributed by atoms with van der Waals surface area (Å²) < 4.78 is 5.64. The van der Waals surface area contributed by atoms with Crippen molar-refractivity contribution >= 4 is 17.3 Å². The van der Waals surface area contributed by atoms with Gasteiger partial charge < -0.3 is 9.84 Å². The molecule has 106 valence electrons. The van der Waals surface area contributed by atoms with Crippen LogP contribution in [-0.2, 0) is 17.8 Å².